The summed E-state index contributed by atoms with van der Waals surface area (Å²) in [6.07, 6.45) is 2.88. The molecule has 1 N–H and O–H groups in total. The third kappa shape index (κ3) is 6.64. The van der Waals surface area contributed by atoms with Crippen molar-refractivity contribution in [3.63, 3.8) is 0 Å². The van der Waals surface area contributed by atoms with Crippen molar-refractivity contribution in [2.75, 3.05) is 38.6 Å². The first-order valence-electron chi connectivity index (χ1n) is 7.71. The number of halogens is 1. The number of aromatic nitrogens is 1. The van der Waals surface area contributed by atoms with Crippen molar-refractivity contribution in [2.45, 2.75) is 39.8 Å². The SMILES string of the molecule is CCCN(CCN(C)C)c1cc(CNC(C)C)c(Cl)cn1. The van der Waals surface area contributed by atoms with E-state index in [0.29, 0.717) is 6.04 Å². The fourth-order valence-corrected chi connectivity index (χ4v) is 2.19. The van der Waals surface area contributed by atoms with Gasteiger partial charge < -0.3 is 15.1 Å². The van der Waals surface area contributed by atoms with Crippen LogP contribution in [0.2, 0.25) is 5.02 Å². The summed E-state index contributed by atoms with van der Waals surface area (Å²) < 4.78 is 0. The fraction of sp³-hybridized carbons (Fsp3) is 0.688. The lowest BCUT2D eigenvalue weighted by Gasteiger charge is -2.25. The molecule has 0 aliphatic heterocycles. The van der Waals surface area contributed by atoms with Crippen LogP contribution < -0.4 is 10.2 Å². The number of hydrogen-bond donors (Lipinski definition) is 1. The van der Waals surface area contributed by atoms with Crippen molar-refractivity contribution >= 4 is 17.4 Å². The highest BCUT2D eigenvalue weighted by atomic mass is 35.5. The van der Waals surface area contributed by atoms with Crippen molar-refractivity contribution in [1.82, 2.24) is 15.2 Å². The molecular formula is C16H29ClN4. The van der Waals surface area contributed by atoms with Gasteiger partial charge in [-0.2, -0.15) is 0 Å². The third-order valence-corrected chi connectivity index (χ3v) is 3.60. The molecule has 0 aliphatic carbocycles. The Morgan fingerprint density at radius 3 is 2.52 bits per heavy atom. The van der Waals surface area contributed by atoms with E-state index in [-0.39, 0.29) is 0 Å². The van der Waals surface area contributed by atoms with Gasteiger partial charge in [-0.3, -0.25) is 0 Å². The molecule has 1 rings (SSSR count). The highest BCUT2D eigenvalue weighted by Crippen LogP contribution is 2.21. The molecule has 0 aromatic carbocycles. The Balaban J connectivity index is 2.84. The summed E-state index contributed by atoms with van der Waals surface area (Å²) in [7, 11) is 4.19. The second-order valence-electron chi connectivity index (χ2n) is 5.96. The summed E-state index contributed by atoms with van der Waals surface area (Å²) in [4.78, 5) is 9.03. The highest BCUT2D eigenvalue weighted by Gasteiger charge is 2.11. The molecular weight excluding hydrogens is 284 g/mol. The molecule has 0 saturated heterocycles. The van der Waals surface area contributed by atoms with E-state index in [0.717, 1.165) is 49.0 Å². The zero-order valence-electron chi connectivity index (χ0n) is 14.0. The molecule has 120 valence electrons. The predicted octanol–water partition coefficient (Wildman–Crippen LogP) is 3.01. The Labute approximate surface area is 134 Å². The minimum Gasteiger partial charge on any atom is -0.355 e. The topological polar surface area (TPSA) is 31.4 Å². The van der Waals surface area contributed by atoms with Gasteiger partial charge in [-0.05, 0) is 32.1 Å². The van der Waals surface area contributed by atoms with Gasteiger partial charge in [0, 0.05) is 38.4 Å². The van der Waals surface area contributed by atoms with Gasteiger partial charge in [0.25, 0.3) is 0 Å². The smallest absolute Gasteiger partial charge is 0.128 e. The van der Waals surface area contributed by atoms with Crippen LogP contribution in [0.1, 0.15) is 32.8 Å². The van der Waals surface area contributed by atoms with Gasteiger partial charge in [-0.1, -0.05) is 32.4 Å². The van der Waals surface area contributed by atoms with Crippen LogP contribution in [0.25, 0.3) is 0 Å². The summed E-state index contributed by atoms with van der Waals surface area (Å²) in [5, 5.41) is 4.14. The maximum Gasteiger partial charge on any atom is 0.128 e. The molecule has 1 aromatic rings. The van der Waals surface area contributed by atoms with Gasteiger partial charge in [-0.25, -0.2) is 4.98 Å². The summed E-state index contributed by atoms with van der Waals surface area (Å²) >= 11 is 6.26. The summed E-state index contributed by atoms with van der Waals surface area (Å²) in [5.41, 5.74) is 1.11. The Kier molecular flexibility index (Phi) is 8.01. The van der Waals surface area contributed by atoms with E-state index in [9.17, 15) is 0 Å². The second-order valence-corrected chi connectivity index (χ2v) is 6.37. The predicted molar refractivity (Wildman–Crippen MR) is 92.3 cm³/mol. The minimum atomic E-state index is 0.443. The molecule has 0 fully saturated rings. The number of likely N-dealkylation sites (N-methyl/N-ethyl adjacent to an activating group) is 1. The van der Waals surface area contributed by atoms with E-state index in [1.165, 1.54) is 0 Å². The molecule has 4 nitrogen and oxygen atoms in total. The average molecular weight is 313 g/mol. The van der Waals surface area contributed by atoms with Crippen LogP contribution in [0.4, 0.5) is 5.82 Å². The molecule has 0 atom stereocenters. The van der Waals surface area contributed by atoms with Crippen LogP contribution in [0.3, 0.4) is 0 Å². The van der Waals surface area contributed by atoms with E-state index in [1.54, 1.807) is 6.20 Å². The summed E-state index contributed by atoms with van der Waals surface area (Å²) in [6.45, 7) is 10.3. The van der Waals surface area contributed by atoms with Crippen molar-refractivity contribution in [3.05, 3.63) is 22.8 Å². The number of anilines is 1. The number of rotatable bonds is 9. The summed E-state index contributed by atoms with van der Waals surface area (Å²) in [6, 6.07) is 2.56. The van der Waals surface area contributed by atoms with Crippen molar-refractivity contribution in [1.29, 1.82) is 0 Å². The van der Waals surface area contributed by atoms with Gasteiger partial charge >= 0.3 is 0 Å². The average Bonchev–Trinajstić information content (AvgIpc) is 2.42. The Morgan fingerprint density at radius 2 is 1.95 bits per heavy atom. The van der Waals surface area contributed by atoms with Crippen LogP contribution in [-0.4, -0.2) is 49.7 Å². The largest absolute Gasteiger partial charge is 0.355 e. The number of hydrogen-bond acceptors (Lipinski definition) is 4. The summed E-state index contributed by atoms with van der Waals surface area (Å²) in [5.74, 6) is 1.02. The van der Waals surface area contributed by atoms with Crippen LogP contribution in [0.5, 0.6) is 0 Å². The maximum absolute atomic E-state index is 6.26. The number of nitrogens with zero attached hydrogens (tertiary/aromatic N) is 3. The molecule has 0 aliphatic rings. The standard InChI is InChI=1S/C16H29ClN4/c1-6-7-21(9-8-20(4)5)16-10-14(11-18-13(2)3)15(17)12-19-16/h10,12-13,18H,6-9,11H2,1-5H3. The third-order valence-electron chi connectivity index (χ3n) is 3.26. The molecule has 0 amide bonds. The van der Waals surface area contributed by atoms with Crippen LogP contribution in [0, 0.1) is 0 Å². The van der Waals surface area contributed by atoms with Crippen molar-refractivity contribution in [3.8, 4) is 0 Å². The second kappa shape index (κ2) is 9.23. The number of pyridine rings is 1. The van der Waals surface area contributed by atoms with E-state index in [2.05, 4.69) is 61.0 Å². The fourth-order valence-electron chi connectivity index (χ4n) is 2.02. The first-order chi connectivity index (χ1) is 9.93. The van der Waals surface area contributed by atoms with Gasteiger partial charge in [0.05, 0.1) is 5.02 Å². The first kappa shape index (κ1) is 18.2. The Hall–Kier alpha value is -0.840. The normalized spacial score (nSPS) is 11.4. The van der Waals surface area contributed by atoms with Crippen LogP contribution in [-0.2, 0) is 6.54 Å². The van der Waals surface area contributed by atoms with E-state index in [1.807, 2.05) is 0 Å². The first-order valence-corrected chi connectivity index (χ1v) is 8.09. The van der Waals surface area contributed by atoms with Gasteiger partial charge in [0.2, 0.25) is 0 Å². The Bertz CT molecular complexity index is 421. The molecule has 1 aromatic heterocycles. The highest BCUT2D eigenvalue weighted by molar-refractivity contribution is 6.31. The van der Waals surface area contributed by atoms with Crippen molar-refractivity contribution in [2.24, 2.45) is 0 Å². The van der Waals surface area contributed by atoms with Gasteiger partial charge in [-0.15, -0.1) is 0 Å². The number of nitrogens with one attached hydrogen (secondary N) is 1. The monoisotopic (exact) mass is 312 g/mol. The van der Waals surface area contributed by atoms with E-state index < -0.39 is 0 Å². The van der Waals surface area contributed by atoms with Crippen LogP contribution >= 0.6 is 11.6 Å². The van der Waals surface area contributed by atoms with E-state index >= 15 is 0 Å². The molecule has 0 saturated carbocycles. The molecule has 0 unspecified atom stereocenters. The molecule has 0 bridgehead atoms. The molecule has 21 heavy (non-hydrogen) atoms. The van der Waals surface area contributed by atoms with Gasteiger partial charge in [0.15, 0.2) is 0 Å². The molecule has 0 spiro atoms. The lowest BCUT2D eigenvalue weighted by atomic mass is 10.2. The molecule has 1 heterocycles. The lowest BCUT2D eigenvalue weighted by molar-refractivity contribution is 0.412. The molecule has 0 radical (unpaired) electrons. The van der Waals surface area contributed by atoms with E-state index in [4.69, 9.17) is 11.6 Å². The zero-order chi connectivity index (χ0) is 15.8. The minimum absolute atomic E-state index is 0.443. The lowest BCUT2D eigenvalue weighted by Crippen LogP contribution is -2.33. The quantitative estimate of drug-likeness (QED) is 0.759. The Morgan fingerprint density at radius 1 is 1.24 bits per heavy atom. The van der Waals surface area contributed by atoms with Gasteiger partial charge in [0.1, 0.15) is 5.82 Å². The van der Waals surface area contributed by atoms with Crippen LogP contribution in [0.15, 0.2) is 12.3 Å². The van der Waals surface area contributed by atoms with Crippen molar-refractivity contribution < 1.29 is 0 Å². The molecule has 5 heteroatoms. The maximum atomic E-state index is 6.26. The zero-order valence-corrected chi connectivity index (χ0v) is 14.7.